The third-order valence-electron chi connectivity index (χ3n) is 4.10. The molecule has 0 aromatic carbocycles. The Bertz CT molecular complexity index is 374. The average Bonchev–Trinajstić information content (AvgIpc) is 2.69. The normalized spacial score (nSPS) is 31.3. The second-order valence-corrected chi connectivity index (χ2v) is 5.19. The Morgan fingerprint density at radius 3 is 3.25 bits per heavy atom. The maximum Gasteiger partial charge on any atom is 0.127 e. The minimum Gasteiger partial charge on any atom is -0.467 e. The quantitative estimate of drug-likeness (QED) is 0.722. The zero-order valence-corrected chi connectivity index (χ0v) is 9.96. The summed E-state index contributed by atoms with van der Waals surface area (Å²) in [6.45, 7) is 3.46. The molecule has 3 rings (SSSR count). The van der Waals surface area contributed by atoms with E-state index < -0.39 is 0 Å². The van der Waals surface area contributed by atoms with E-state index in [4.69, 9.17) is 4.42 Å². The van der Waals surface area contributed by atoms with Gasteiger partial charge in [-0.1, -0.05) is 0 Å². The topological polar surface area (TPSA) is 28.4 Å². The van der Waals surface area contributed by atoms with Crippen LogP contribution in [0.3, 0.4) is 0 Å². The van der Waals surface area contributed by atoms with Gasteiger partial charge in [0, 0.05) is 13.1 Å². The van der Waals surface area contributed by atoms with Gasteiger partial charge in [0.15, 0.2) is 0 Å². The Labute approximate surface area is 96.8 Å². The van der Waals surface area contributed by atoms with Gasteiger partial charge in [0.2, 0.25) is 0 Å². The second kappa shape index (κ2) is 3.90. The molecule has 1 aromatic heterocycles. The second-order valence-electron chi connectivity index (χ2n) is 5.19. The lowest BCUT2D eigenvalue weighted by Crippen LogP contribution is -2.47. The minimum absolute atomic E-state index is 0.127. The highest BCUT2D eigenvalue weighted by atomic mass is 16.3. The van der Waals surface area contributed by atoms with Gasteiger partial charge in [0.25, 0.3) is 0 Å². The molecule has 0 amide bonds. The van der Waals surface area contributed by atoms with Gasteiger partial charge in [-0.3, -0.25) is 0 Å². The van der Waals surface area contributed by atoms with E-state index >= 15 is 0 Å². The summed E-state index contributed by atoms with van der Waals surface area (Å²) < 4.78 is 5.76. The van der Waals surface area contributed by atoms with Crippen LogP contribution in [0.25, 0.3) is 0 Å². The molecule has 1 saturated heterocycles. The Kier molecular flexibility index (Phi) is 2.52. The smallest absolute Gasteiger partial charge is 0.127 e. The molecule has 16 heavy (non-hydrogen) atoms. The van der Waals surface area contributed by atoms with Crippen LogP contribution >= 0.6 is 0 Å². The van der Waals surface area contributed by atoms with E-state index in [0.717, 1.165) is 19.5 Å². The fourth-order valence-corrected chi connectivity index (χ4v) is 3.14. The van der Waals surface area contributed by atoms with E-state index in [1.807, 2.05) is 6.26 Å². The number of hydrogen-bond donors (Lipinski definition) is 1. The fraction of sp³-hybridized carbons (Fsp3) is 0.692. The first-order valence-corrected chi connectivity index (χ1v) is 6.31. The lowest BCUT2D eigenvalue weighted by Gasteiger charge is -2.36. The molecule has 1 spiro atoms. The summed E-state index contributed by atoms with van der Waals surface area (Å²) in [7, 11) is 2.21. The Balaban J connectivity index is 1.94. The Hall–Kier alpha value is -0.800. The summed E-state index contributed by atoms with van der Waals surface area (Å²) in [5.41, 5.74) is 1.55. The van der Waals surface area contributed by atoms with Crippen molar-refractivity contribution in [2.75, 3.05) is 26.7 Å². The molecule has 1 unspecified atom stereocenters. The monoisotopic (exact) mass is 220 g/mol. The Morgan fingerprint density at radius 2 is 2.31 bits per heavy atom. The molecule has 88 valence electrons. The van der Waals surface area contributed by atoms with Crippen molar-refractivity contribution in [2.24, 2.45) is 0 Å². The van der Waals surface area contributed by atoms with Crippen molar-refractivity contribution in [1.29, 1.82) is 0 Å². The Morgan fingerprint density at radius 1 is 1.38 bits per heavy atom. The van der Waals surface area contributed by atoms with Crippen LogP contribution in [0.4, 0.5) is 0 Å². The van der Waals surface area contributed by atoms with Crippen molar-refractivity contribution >= 4 is 0 Å². The first kappa shape index (κ1) is 10.4. The van der Waals surface area contributed by atoms with Crippen molar-refractivity contribution in [2.45, 2.75) is 31.2 Å². The summed E-state index contributed by atoms with van der Waals surface area (Å²) in [5, 5.41) is 3.72. The molecule has 1 atom stereocenters. The van der Waals surface area contributed by atoms with Crippen molar-refractivity contribution in [3.63, 3.8) is 0 Å². The number of rotatable bonds is 0. The summed E-state index contributed by atoms with van der Waals surface area (Å²) >= 11 is 0. The standard InChI is InChI=1S/C13H20N2O/c1-15-8-2-5-13(6-9-15)12-11(3-7-14-13)4-10-16-12/h4,10,14H,2-3,5-9H2,1H3. The highest BCUT2D eigenvalue weighted by Gasteiger charge is 2.39. The zero-order valence-electron chi connectivity index (χ0n) is 9.96. The molecule has 0 saturated carbocycles. The molecule has 3 heterocycles. The number of nitrogens with one attached hydrogen (secondary N) is 1. The van der Waals surface area contributed by atoms with Gasteiger partial charge in [-0.15, -0.1) is 0 Å². The van der Waals surface area contributed by atoms with Crippen molar-refractivity contribution in [1.82, 2.24) is 10.2 Å². The van der Waals surface area contributed by atoms with E-state index in [2.05, 4.69) is 23.3 Å². The number of likely N-dealkylation sites (tertiary alicyclic amines) is 1. The molecular formula is C13H20N2O. The highest BCUT2D eigenvalue weighted by Crippen LogP contribution is 2.37. The fourth-order valence-electron chi connectivity index (χ4n) is 3.14. The lowest BCUT2D eigenvalue weighted by atomic mass is 9.82. The van der Waals surface area contributed by atoms with Crippen LogP contribution in [0.15, 0.2) is 16.7 Å². The van der Waals surface area contributed by atoms with Crippen molar-refractivity contribution < 1.29 is 4.42 Å². The minimum atomic E-state index is 0.127. The van der Waals surface area contributed by atoms with Gasteiger partial charge >= 0.3 is 0 Å². The summed E-state index contributed by atoms with van der Waals surface area (Å²) in [5.74, 6) is 1.22. The van der Waals surface area contributed by atoms with E-state index in [1.165, 1.54) is 37.1 Å². The predicted molar refractivity (Wildman–Crippen MR) is 63.4 cm³/mol. The molecule has 1 aromatic rings. The average molecular weight is 220 g/mol. The zero-order chi connectivity index (χ0) is 11.0. The largest absolute Gasteiger partial charge is 0.467 e. The van der Waals surface area contributed by atoms with Gasteiger partial charge in [-0.05, 0) is 50.9 Å². The van der Waals surface area contributed by atoms with Crippen LogP contribution in [0.5, 0.6) is 0 Å². The third-order valence-corrected chi connectivity index (χ3v) is 4.10. The molecule has 3 heteroatoms. The molecule has 0 bridgehead atoms. The lowest BCUT2D eigenvalue weighted by molar-refractivity contribution is 0.220. The van der Waals surface area contributed by atoms with Gasteiger partial charge in [0.05, 0.1) is 11.8 Å². The van der Waals surface area contributed by atoms with Crippen LogP contribution < -0.4 is 5.32 Å². The molecule has 3 nitrogen and oxygen atoms in total. The summed E-state index contributed by atoms with van der Waals surface area (Å²) in [6.07, 6.45) is 6.60. The number of nitrogens with zero attached hydrogens (tertiary/aromatic N) is 1. The summed E-state index contributed by atoms with van der Waals surface area (Å²) in [4.78, 5) is 2.42. The van der Waals surface area contributed by atoms with Crippen LogP contribution in [-0.2, 0) is 12.0 Å². The molecule has 0 radical (unpaired) electrons. The first-order chi connectivity index (χ1) is 7.80. The number of fused-ring (bicyclic) bond motifs is 2. The maximum absolute atomic E-state index is 5.76. The van der Waals surface area contributed by atoms with E-state index in [1.54, 1.807) is 0 Å². The molecule has 1 N–H and O–H groups in total. The molecule has 2 aliphatic heterocycles. The molecule has 1 fully saturated rings. The van der Waals surface area contributed by atoms with Crippen LogP contribution in [0, 0.1) is 0 Å². The first-order valence-electron chi connectivity index (χ1n) is 6.31. The van der Waals surface area contributed by atoms with Crippen molar-refractivity contribution in [3.05, 3.63) is 23.7 Å². The van der Waals surface area contributed by atoms with E-state index in [9.17, 15) is 0 Å². The van der Waals surface area contributed by atoms with Gasteiger partial charge in [0.1, 0.15) is 5.76 Å². The number of hydrogen-bond acceptors (Lipinski definition) is 3. The molecule has 2 aliphatic rings. The van der Waals surface area contributed by atoms with Gasteiger partial charge < -0.3 is 14.6 Å². The van der Waals surface area contributed by atoms with Crippen LogP contribution in [-0.4, -0.2) is 31.6 Å². The highest BCUT2D eigenvalue weighted by molar-refractivity contribution is 5.28. The van der Waals surface area contributed by atoms with E-state index in [0.29, 0.717) is 0 Å². The van der Waals surface area contributed by atoms with E-state index in [-0.39, 0.29) is 5.54 Å². The summed E-state index contributed by atoms with van der Waals surface area (Å²) in [6, 6.07) is 2.15. The van der Waals surface area contributed by atoms with Crippen LogP contribution in [0.1, 0.15) is 30.6 Å². The maximum atomic E-state index is 5.76. The third kappa shape index (κ3) is 1.59. The van der Waals surface area contributed by atoms with Crippen molar-refractivity contribution in [3.8, 4) is 0 Å². The molecule has 0 aliphatic carbocycles. The molecular weight excluding hydrogens is 200 g/mol. The van der Waals surface area contributed by atoms with Gasteiger partial charge in [-0.25, -0.2) is 0 Å². The van der Waals surface area contributed by atoms with Gasteiger partial charge in [-0.2, -0.15) is 0 Å². The van der Waals surface area contributed by atoms with Crippen LogP contribution in [0.2, 0.25) is 0 Å². The number of furan rings is 1. The predicted octanol–water partition coefficient (Wildman–Crippen LogP) is 1.74. The SMILES string of the molecule is CN1CCCC2(CC1)NCCc1ccoc12.